The van der Waals surface area contributed by atoms with Gasteiger partial charge in [-0.2, -0.15) is 18.3 Å². The summed E-state index contributed by atoms with van der Waals surface area (Å²) in [6, 6.07) is 1.86. The van der Waals surface area contributed by atoms with Crippen LogP contribution in [0.5, 0.6) is 0 Å². The molecule has 1 saturated carbocycles. The number of halogens is 4. The Morgan fingerprint density at radius 1 is 1.13 bits per heavy atom. The third kappa shape index (κ3) is 8.87. The first kappa shape index (κ1) is 35.8. The van der Waals surface area contributed by atoms with Crippen LogP contribution in [0.15, 0.2) is 12.1 Å². The Kier molecular flexibility index (Phi) is 10.1. The molecule has 3 N–H and O–H groups in total. The fourth-order valence-electron chi connectivity index (χ4n) is 6.39. The maximum absolute atomic E-state index is 15.4. The first-order chi connectivity index (χ1) is 21.6. The number of Topliss-reactive ketones (excluding diaryl/α,β-unsaturated/α-hetero) is 1. The molecule has 0 spiro atoms. The molecule has 1 aromatic carbocycles. The summed E-state index contributed by atoms with van der Waals surface area (Å²) < 4.78 is 69.7. The fraction of sp³-hybridized carbons (Fsp3) is 0.594. The highest BCUT2D eigenvalue weighted by atomic mass is 19.4. The van der Waals surface area contributed by atoms with E-state index in [1.165, 1.54) is 13.0 Å². The number of rotatable bonds is 10. The van der Waals surface area contributed by atoms with E-state index in [0.717, 1.165) is 10.7 Å². The Bertz CT molecular complexity index is 1550. The average molecular weight is 669 g/mol. The summed E-state index contributed by atoms with van der Waals surface area (Å²) in [6.45, 7) is 5.19. The molecule has 0 radical (unpaired) electrons. The van der Waals surface area contributed by atoms with Gasteiger partial charge < -0.3 is 25.0 Å². The summed E-state index contributed by atoms with van der Waals surface area (Å²) in [5.41, 5.74) is 2.37. The van der Waals surface area contributed by atoms with Crippen molar-refractivity contribution >= 4 is 29.3 Å². The van der Waals surface area contributed by atoms with Crippen LogP contribution in [-0.2, 0) is 31.7 Å². The van der Waals surface area contributed by atoms with Crippen molar-refractivity contribution < 1.29 is 50.7 Å². The van der Waals surface area contributed by atoms with E-state index >= 15 is 4.39 Å². The highest BCUT2D eigenvalue weighted by Gasteiger charge is 2.45. The number of aromatic nitrogens is 2. The smallest absolute Gasteiger partial charge is 0.435 e. The summed E-state index contributed by atoms with van der Waals surface area (Å²) in [6.07, 6.45) is -4.34. The lowest BCUT2D eigenvalue weighted by Gasteiger charge is -2.31. The second-order valence-electron chi connectivity index (χ2n) is 14.3. The molecule has 1 atom stereocenters. The standard InChI is InChI=1S/C32H41F4N5O6/c1-17(42)46-21(16-41(4,5)6)13-26(44)47-20-9-7-18(8-10-20)38-23-12-19(11-22(33)27(23)30(37)45)40-24-14-31(2,3)15-25(43)28(24)29(39-40)32(34,35)36/h11-12,18,20-21H,7-10,13-16H2,1-6H3,(H2-,37,38,45)/p+1. The van der Waals surface area contributed by atoms with Crippen LogP contribution in [-0.4, -0.2) is 83.8 Å². The molecule has 2 aliphatic rings. The summed E-state index contributed by atoms with van der Waals surface area (Å²) >= 11 is 0. The lowest BCUT2D eigenvalue weighted by Crippen LogP contribution is -2.44. The van der Waals surface area contributed by atoms with E-state index in [1.807, 2.05) is 21.1 Å². The first-order valence-electron chi connectivity index (χ1n) is 15.4. The van der Waals surface area contributed by atoms with Gasteiger partial charge in [0.05, 0.1) is 55.8 Å². The maximum Gasteiger partial charge on any atom is 0.435 e. The number of carbonyl (C=O) groups is 4. The third-order valence-electron chi connectivity index (χ3n) is 8.19. The zero-order valence-corrected chi connectivity index (χ0v) is 27.4. The van der Waals surface area contributed by atoms with Crippen molar-refractivity contribution in [1.29, 1.82) is 0 Å². The average Bonchev–Trinajstić information content (AvgIpc) is 3.27. The molecule has 1 amide bonds. The number of ether oxygens (including phenoxy) is 2. The number of quaternary nitrogens is 1. The Morgan fingerprint density at radius 2 is 1.77 bits per heavy atom. The summed E-state index contributed by atoms with van der Waals surface area (Å²) in [5, 5.41) is 6.84. The van der Waals surface area contributed by atoms with Gasteiger partial charge in [-0.1, -0.05) is 13.8 Å². The Balaban J connectivity index is 1.53. The van der Waals surface area contributed by atoms with Gasteiger partial charge in [-0.05, 0) is 43.6 Å². The number of esters is 2. The molecular formula is C32H42F4N5O6+. The quantitative estimate of drug-likeness (QED) is 0.213. The van der Waals surface area contributed by atoms with Crippen molar-refractivity contribution in [3.05, 3.63) is 40.5 Å². The summed E-state index contributed by atoms with van der Waals surface area (Å²) in [7, 11) is 5.72. The lowest BCUT2D eigenvalue weighted by molar-refractivity contribution is -0.873. The second-order valence-corrected chi connectivity index (χ2v) is 14.3. The number of carbonyl (C=O) groups excluding carboxylic acids is 4. The largest absolute Gasteiger partial charge is 0.462 e. The number of alkyl halides is 3. The van der Waals surface area contributed by atoms with Crippen LogP contribution < -0.4 is 11.1 Å². The van der Waals surface area contributed by atoms with Crippen molar-refractivity contribution in [2.45, 2.75) is 90.1 Å². The molecule has 11 nitrogen and oxygen atoms in total. The Hall–Kier alpha value is -4.01. The number of likely N-dealkylation sites (N-methyl/N-ethyl adjacent to an activating group) is 1. The first-order valence-corrected chi connectivity index (χ1v) is 15.4. The molecule has 0 bridgehead atoms. The number of hydrogen-bond acceptors (Lipinski definition) is 8. The van der Waals surface area contributed by atoms with E-state index in [2.05, 4.69) is 10.4 Å². The zero-order chi connectivity index (χ0) is 35.1. The van der Waals surface area contributed by atoms with Gasteiger partial charge in [0.2, 0.25) is 0 Å². The number of ketones is 1. The minimum Gasteiger partial charge on any atom is -0.462 e. The van der Waals surface area contributed by atoms with Crippen LogP contribution in [0.2, 0.25) is 0 Å². The minimum absolute atomic E-state index is 0.00969. The van der Waals surface area contributed by atoms with E-state index in [-0.39, 0.29) is 42.4 Å². The zero-order valence-electron chi connectivity index (χ0n) is 27.4. The number of nitrogens with zero attached hydrogens (tertiary/aromatic N) is 3. The van der Waals surface area contributed by atoms with E-state index in [0.29, 0.717) is 36.7 Å². The number of anilines is 1. The predicted octanol–water partition coefficient (Wildman–Crippen LogP) is 4.58. The van der Waals surface area contributed by atoms with Crippen molar-refractivity contribution in [2.24, 2.45) is 11.1 Å². The topological polar surface area (TPSA) is 143 Å². The van der Waals surface area contributed by atoms with E-state index in [4.69, 9.17) is 15.2 Å². The number of fused-ring (bicyclic) bond motifs is 1. The van der Waals surface area contributed by atoms with E-state index in [1.54, 1.807) is 13.8 Å². The van der Waals surface area contributed by atoms with Gasteiger partial charge in [0.15, 0.2) is 17.6 Å². The SMILES string of the molecule is CC(=O)OC(CC(=O)OC1CCC(Nc2cc(-n3nc(C(F)(F)F)c4c3CC(C)(C)CC4=O)cc(F)c2C(N)=O)CC1)C[N+](C)(C)C. The Morgan fingerprint density at radius 3 is 2.32 bits per heavy atom. The third-order valence-corrected chi connectivity index (χ3v) is 8.19. The second kappa shape index (κ2) is 13.2. The normalized spacial score (nSPS) is 20.3. The van der Waals surface area contributed by atoms with Gasteiger partial charge in [-0.15, -0.1) is 0 Å². The molecule has 2 aliphatic carbocycles. The van der Waals surface area contributed by atoms with Gasteiger partial charge >= 0.3 is 18.1 Å². The van der Waals surface area contributed by atoms with Gasteiger partial charge in [-0.3, -0.25) is 19.2 Å². The maximum atomic E-state index is 15.4. The molecule has 0 aliphatic heterocycles. The summed E-state index contributed by atoms with van der Waals surface area (Å²) in [5.74, 6) is -3.84. The van der Waals surface area contributed by atoms with E-state index < -0.39 is 70.1 Å². The molecule has 258 valence electrons. The van der Waals surface area contributed by atoms with Gasteiger partial charge in [0.1, 0.15) is 18.5 Å². The molecule has 1 unspecified atom stereocenters. The van der Waals surface area contributed by atoms with Crippen LogP contribution in [0, 0.1) is 11.2 Å². The summed E-state index contributed by atoms with van der Waals surface area (Å²) in [4.78, 5) is 49.3. The minimum atomic E-state index is -4.92. The fourth-order valence-corrected chi connectivity index (χ4v) is 6.39. The highest BCUT2D eigenvalue weighted by Crippen LogP contribution is 2.42. The van der Waals surface area contributed by atoms with Gasteiger partial charge in [-0.25, -0.2) is 9.07 Å². The molecule has 47 heavy (non-hydrogen) atoms. The van der Waals surface area contributed by atoms with Gasteiger partial charge in [0, 0.05) is 25.5 Å². The number of hydrogen-bond donors (Lipinski definition) is 2. The van der Waals surface area contributed by atoms with Gasteiger partial charge in [0.25, 0.3) is 5.91 Å². The number of nitrogens with one attached hydrogen (secondary N) is 1. The molecule has 1 aromatic heterocycles. The van der Waals surface area contributed by atoms with Crippen molar-refractivity contribution in [1.82, 2.24) is 9.78 Å². The van der Waals surface area contributed by atoms with Crippen LogP contribution in [0.4, 0.5) is 23.2 Å². The molecular weight excluding hydrogens is 626 g/mol. The molecule has 0 saturated heterocycles. The molecule has 4 rings (SSSR count). The number of benzene rings is 1. The van der Waals surface area contributed by atoms with Crippen molar-refractivity contribution in [3.8, 4) is 5.69 Å². The van der Waals surface area contributed by atoms with Crippen LogP contribution >= 0.6 is 0 Å². The lowest BCUT2D eigenvalue weighted by atomic mass is 9.75. The number of amides is 1. The molecule has 1 heterocycles. The van der Waals surface area contributed by atoms with Crippen LogP contribution in [0.3, 0.4) is 0 Å². The molecule has 15 heteroatoms. The number of primary amides is 1. The molecule has 2 aromatic rings. The Labute approximate surface area is 270 Å². The monoisotopic (exact) mass is 668 g/mol. The van der Waals surface area contributed by atoms with Crippen molar-refractivity contribution in [2.75, 3.05) is 33.0 Å². The van der Waals surface area contributed by atoms with Crippen molar-refractivity contribution in [3.63, 3.8) is 0 Å². The predicted molar refractivity (Wildman–Crippen MR) is 162 cm³/mol. The van der Waals surface area contributed by atoms with Crippen LogP contribution in [0.1, 0.15) is 91.4 Å². The highest BCUT2D eigenvalue weighted by molar-refractivity contribution is 6.01. The van der Waals surface area contributed by atoms with E-state index in [9.17, 15) is 32.3 Å². The van der Waals surface area contributed by atoms with Crippen LogP contribution in [0.25, 0.3) is 5.69 Å². The number of nitrogens with two attached hydrogens (primary N) is 1. The molecule has 1 fully saturated rings.